The maximum atomic E-state index is 14.8. The Bertz CT molecular complexity index is 883. The highest BCUT2D eigenvalue weighted by atomic mass is 32.2. The Labute approximate surface area is 163 Å². The molecule has 0 saturated carbocycles. The molecule has 2 fully saturated rings. The summed E-state index contributed by atoms with van der Waals surface area (Å²) in [6.45, 7) is 4.47. The molecule has 28 heavy (non-hydrogen) atoms. The first-order chi connectivity index (χ1) is 13.1. The fourth-order valence-corrected chi connectivity index (χ4v) is 4.56. The van der Waals surface area contributed by atoms with Crippen molar-refractivity contribution in [2.75, 3.05) is 37.3 Å². The van der Waals surface area contributed by atoms with E-state index in [1.165, 1.54) is 17.3 Å². The second-order valence-electron chi connectivity index (χ2n) is 7.25. The molecule has 2 aliphatic rings. The summed E-state index contributed by atoms with van der Waals surface area (Å²) >= 11 is 0. The highest BCUT2D eigenvalue weighted by Gasteiger charge is 2.43. The number of esters is 1. The summed E-state index contributed by atoms with van der Waals surface area (Å²) in [4.78, 5) is 25.3. The number of rotatable bonds is 4. The number of nitrogens with zero attached hydrogens (tertiary/aromatic N) is 2. The highest BCUT2D eigenvalue weighted by molar-refractivity contribution is 7.88. The van der Waals surface area contributed by atoms with E-state index < -0.39 is 34.0 Å². The van der Waals surface area contributed by atoms with Crippen LogP contribution in [0.25, 0.3) is 0 Å². The maximum absolute atomic E-state index is 14.8. The van der Waals surface area contributed by atoms with Gasteiger partial charge < -0.3 is 15.0 Å². The Kier molecular flexibility index (Phi) is 5.62. The van der Waals surface area contributed by atoms with Crippen molar-refractivity contribution in [3.05, 3.63) is 29.6 Å². The first kappa shape index (κ1) is 20.5. The van der Waals surface area contributed by atoms with Gasteiger partial charge in [-0.1, -0.05) is 13.0 Å². The van der Waals surface area contributed by atoms with Crippen LogP contribution >= 0.6 is 0 Å². The molecular weight excluding hydrogens is 389 g/mol. The van der Waals surface area contributed by atoms with Crippen molar-refractivity contribution in [2.24, 2.45) is 5.92 Å². The van der Waals surface area contributed by atoms with Gasteiger partial charge in [-0.2, -0.15) is 4.31 Å². The molecule has 0 bridgehead atoms. The minimum Gasteiger partial charge on any atom is -0.441 e. The number of hydrogen-bond donors (Lipinski definition) is 1. The second-order valence-corrected chi connectivity index (χ2v) is 9.24. The molecule has 0 aliphatic carbocycles. The van der Waals surface area contributed by atoms with Crippen LogP contribution < -0.4 is 10.2 Å². The lowest BCUT2D eigenvalue weighted by Crippen LogP contribution is -2.48. The zero-order valence-corrected chi connectivity index (χ0v) is 16.8. The van der Waals surface area contributed by atoms with E-state index in [1.54, 1.807) is 24.0 Å². The Morgan fingerprint density at radius 3 is 2.43 bits per heavy atom. The monoisotopic (exact) mass is 413 g/mol. The molecule has 10 heteroatoms. The van der Waals surface area contributed by atoms with Crippen molar-refractivity contribution < 1.29 is 27.1 Å². The molecule has 1 aromatic carbocycles. The summed E-state index contributed by atoms with van der Waals surface area (Å²) < 4.78 is 44.6. The van der Waals surface area contributed by atoms with Gasteiger partial charge >= 0.3 is 5.97 Å². The van der Waals surface area contributed by atoms with Crippen LogP contribution in [-0.4, -0.2) is 63.3 Å². The SMILES string of the molecule is CC(=O)N[C@@H]1OC(=O)C(c2ccc(N3CCN(S(C)(=O)=O)CC3)c(F)c2)C1C. The van der Waals surface area contributed by atoms with E-state index in [0.29, 0.717) is 37.4 Å². The van der Waals surface area contributed by atoms with Gasteiger partial charge in [0.05, 0.1) is 17.9 Å². The van der Waals surface area contributed by atoms with Gasteiger partial charge in [0.25, 0.3) is 0 Å². The Balaban J connectivity index is 1.75. The summed E-state index contributed by atoms with van der Waals surface area (Å²) in [5, 5.41) is 2.58. The first-order valence-corrected chi connectivity index (χ1v) is 10.9. The number of anilines is 1. The number of carbonyl (C=O) groups is 2. The van der Waals surface area contributed by atoms with Gasteiger partial charge in [-0.25, -0.2) is 12.8 Å². The van der Waals surface area contributed by atoms with Crippen molar-refractivity contribution in [3.8, 4) is 0 Å². The third-order valence-corrected chi connectivity index (χ3v) is 6.53. The van der Waals surface area contributed by atoms with Crippen molar-refractivity contribution in [1.82, 2.24) is 9.62 Å². The van der Waals surface area contributed by atoms with E-state index in [0.717, 1.165) is 6.26 Å². The fraction of sp³-hybridized carbons (Fsp3) is 0.556. The number of benzene rings is 1. The standard InChI is InChI=1S/C18H24FN3O5S/c1-11-16(18(24)27-17(11)20-12(2)23)13-4-5-15(14(19)10-13)21-6-8-22(9-7-21)28(3,25)26/h4-5,10-11,16-17H,6-9H2,1-3H3,(H,20,23)/t11?,16?,17-/m1/s1. The van der Waals surface area contributed by atoms with Gasteiger partial charge in [0.2, 0.25) is 15.9 Å². The summed E-state index contributed by atoms with van der Waals surface area (Å²) in [6, 6.07) is 4.60. The van der Waals surface area contributed by atoms with Crippen LogP contribution in [0.5, 0.6) is 0 Å². The van der Waals surface area contributed by atoms with Gasteiger partial charge in [0.15, 0.2) is 6.23 Å². The maximum Gasteiger partial charge on any atom is 0.315 e. The molecular formula is C18H24FN3O5S. The lowest BCUT2D eigenvalue weighted by molar-refractivity contribution is -0.144. The van der Waals surface area contributed by atoms with Crippen molar-refractivity contribution in [3.63, 3.8) is 0 Å². The van der Waals surface area contributed by atoms with Crippen molar-refractivity contribution in [1.29, 1.82) is 0 Å². The smallest absolute Gasteiger partial charge is 0.315 e. The van der Waals surface area contributed by atoms with Crippen LogP contribution in [0, 0.1) is 11.7 Å². The molecule has 154 valence electrons. The molecule has 1 aromatic rings. The van der Waals surface area contributed by atoms with Gasteiger partial charge in [0, 0.05) is 39.0 Å². The van der Waals surface area contributed by atoms with Crippen LogP contribution in [0.2, 0.25) is 0 Å². The Hall–Kier alpha value is -2.20. The predicted octanol–water partition coefficient (Wildman–Crippen LogP) is 0.646. The fourth-order valence-electron chi connectivity index (χ4n) is 3.73. The minimum absolute atomic E-state index is 0.296. The first-order valence-electron chi connectivity index (χ1n) is 9.05. The number of ether oxygens (including phenoxy) is 1. The quantitative estimate of drug-likeness (QED) is 0.728. The summed E-state index contributed by atoms with van der Waals surface area (Å²) in [5.74, 6) is -2.28. The van der Waals surface area contributed by atoms with Gasteiger partial charge in [-0.3, -0.25) is 9.59 Å². The van der Waals surface area contributed by atoms with Crippen molar-refractivity contribution in [2.45, 2.75) is 26.0 Å². The Morgan fingerprint density at radius 2 is 1.89 bits per heavy atom. The zero-order valence-electron chi connectivity index (χ0n) is 16.0. The van der Waals surface area contributed by atoms with E-state index in [4.69, 9.17) is 4.74 Å². The molecule has 3 rings (SSSR count). The van der Waals surface area contributed by atoms with Crippen LogP contribution in [0.15, 0.2) is 18.2 Å². The topological polar surface area (TPSA) is 96.0 Å². The largest absolute Gasteiger partial charge is 0.441 e. The molecule has 2 saturated heterocycles. The molecule has 0 aromatic heterocycles. The number of nitrogens with one attached hydrogen (secondary N) is 1. The third kappa shape index (κ3) is 4.12. The van der Waals surface area contributed by atoms with Crippen LogP contribution in [0.4, 0.5) is 10.1 Å². The number of amides is 1. The van der Waals surface area contributed by atoms with Gasteiger partial charge in [-0.05, 0) is 17.7 Å². The normalized spacial score (nSPS) is 26.2. The lowest BCUT2D eigenvalue weighted by atomic mass is 9.88. The predicted molar refractivity (Wildman–Crippen MR) is 101 cm³/mol. The van der Waals surface area contributed by atoms with Crippen LogP contribution in [-0.2, 0) is 24.3 Å². The lowest BCUT2D eigenvalue weighted by Gasteiger charge is -2.35. The molecule has 1 N–H and O–H groups in total. The van der Waals surface area contributed by atoms with E-state index in [2.05, 4.69) is 5.32 Å². The average Bonchev–Trinajstić information content (AvgIpc) is 2.87. The van der Waals surface area contributed by atoms with E-state index in [9.17, 15) is 22.4 Å². The van der Waals surface area contributed by atoms with Gasteiger partial charge in [0.1, 0.15) is 5.82 Å². The molecule has 3 atom stereocenters. The molecule has 2 heterocycles. The third-order valence-electron chi connectivity index (χ3n) is 5.23. The molecule has 8 nitrogen and oxygen atoms in total. The van der Waals surface area contributed by atoms with Crippen molar-refractivity contribution >= 4 is 27.6 Å². The number of hydrogen-bond acceptors (Lipinski definition) is 6. The molecule has 0 radical (unpaired) electrons. The number of sulfonamides is 1. The minimum atomic E-state index is -3.25. The number of cyclic esters (lactones) is 1. The molecule has 2 aliphatic heterocycles. The molecule has 0 spiro atoms. The molecule has 2 unspecified atom stereocenters. The summed E-state index contributed by atoms with van der Waals surface area (Å²) in [6.07, 6.45) is 0.426. The van der Waals surface area contributed by atoms with E-state index in [-0.39, 0.29) is 11.8 Å². The van der Waals surface area contributed by atoms with E-state index in [1.807, 2.05) is 0 Å². The average molecular weight is 413 g/mol. The summed E-state index contributed by atoms with van der Waals surface area (Å²) in [7, 11) is -3.25. The second kappa shape index (κ2) is 7.67. The van der Waals surface area contributed by atoms with Crippen LogP contribution in [0.1, 0.15) is 25.3 Å². The number of halogens is 1. The summed E-state index contributed by atoms with van der Waals surface area (Å²) in [5.41, 5.74) is 0.857. The zero-order chi connectivity index (χ0) is 20.6. The number of piperazine rings is 1. The van der Waals surface area contributed by atoms with E-state index >= 15 is 0 Å². The molecule has 1 amide bonds. The van der Waals surface area contributed by atoms with Gasteiger partial charge in [-0.15, -0.1) is 0 Å². The van der Waals surface area contributed by atoms with Crippen LogP contribution in [0.3, 0.4) is 0 Å². The number of carbonyl (C=O) groups excluding carboxylic acids is 2. The Morgan fingerprint density at radius 1 is 1.25 bits per heavy atom. The highest BCUT2D eigenvalue weighted by Crippen LogP contribution is 2.37.